The van der Waals surface area contributed by atoms with Crippen LogP contribution in [0.1, 0.15) is 0 Å². The van der Waals surface area contributed by atoms with Crippen LogP contribution in [0.2, 0.25) is 0 Å². The predicted octanol–water partition coefficient (Wildman–Crippen LogP) is -0.937. The van der Waals surface area contributed by atoms with Gasteiger partial charge >= 0.3 is 5.69 Å². The van der Waals surface area contributed by atoms with E-state index in [0.29, 0.717) is 4.73 Å². The molecule has 1 aromatic heterocycles. The van der Waals surface area contributed by atoms with E-state index in [4.69, 9.17) is 10.9 Å². The number of anilines is 1. The Morgan fingerprint density at radius 1 is 1.78 bits per heavy atom. The Morgan fingerprint density at radius 2 is 2.44 bits per heavy atom. The second-order valence-electron chi connectivity index (χ2n) is 1.48. The van der Waals surface area contributed by atoms with Crippen molar-refractivity contribution < 1.29 is 5.21 Å². The Kier molecular flexibility index (Phi) is 1.11. The van der Waals surface area contributed by atoms with E-state index < -0.39 is 5.69 Å². The van der Waals surface area contributed by atoms with Crippen molar-refractivity contribution in [1.29, 1.82) is 0 Å². The first kappa shape index (κ1) is 5.61. The highest BCUT2D eigenvalue weighted by Crippen LogP contribution is 1.85. The van der Waals surface area contributed by atoms with Crippen LogP contribution in [0, 0.1) is 0 Å². The molecule has 48 valence electrons. The van der Waals surface area contributed by atoms with E-state index in [1.54, 1.807) is 0 Å². The third kappa shape index (κ3) is 0.987. The van der Waals surface area contributed by atoms with Gasteiger partial charge in [-0.2, -0.15) is 4.98 Å². The summed E-state index contributed by atoms with van der Waals surface area (Å²) in [5.41, 5.74) is 4.32. The molecule has 0 bridgehead atoms. The second kappa shape index (κ2) is 1.77. The van der Waals surface area contributed by atoms with Crippen molar-refractivity contribution in [1.82, 2.24) is 9.71 Å². The molecule has 9 heavy (non-hydrogen) atoms. The van der Waals surface area contributed by atoms with Crippen molar-refractivity contribution in [2.24, 2.45) is 0 Å². The Hall–Kier alpha value is -1.52. The first-order valence-electron chi connectivity index (χ1n) is 2.24. The molecule has 0 aromatic carbocycles. The Morgan fingerprint density at radius 3 is 2.89 bits per heavy atom. The fourth-order valence-corrected chi connectivity index (χ4v) is 0.410. The highest BCUT2D eigenvalue weighted by atomic mass is 16.5. The normalized spacial score (nSPS) is 9.33. The van der Waals surface area contributed by atoms with Gasteiger partial charge in [-0.3, -0.25) is 0 Å². The van der Waals surface area contributed by atoms with Crippen LogP contribution in [0.4, 0.5) is 5.82 Å². The standard InChI is InChI=1S/C4H5N3O2/c5-3-1-2-7(9)4(8)6-3/h1-2,9H,(H2,5,6,8). The molecule has 1 aromatic rings. The number of hydrogen-bond donors (Lipinski definition) is 2. The van der Waals surface area contributed by atoms with E-state index in [1.807, 2.05) is 0 Å². The molecule has 1 rings (SSSR count). The summed E-state index contributed by atoms with van der Waals surface area (Å²) in [6.45, 7) is 0. The van der Waals surface area contributed by atoms with Crippen LogP contribution in [0.25, 0.3) is 0 Å². The van der Waals surface area contributed by atoms with Gasteiger partial charge in [-0.25, -0.2) is 4.79 Å². The van der Waals surface area contributed by atoms with Gasteiger partial charge in [-0.1, -0.05) is 0 Å². The summed E-state index contributed by atoms with van der Waals surface area (Å²) in [5.74, 6) is 0.102. The molecular weight excluding hydrogens is 122 g/mol. The van der Waals surface area contributed by atoms with Crippen LogP contribution in [0.5, 0.6) is 0 Å². The van der Waals surface area contributed by atoms with Crippen molar-refractivity contribution in [2.75, 3.05) is 5.73 Å². The van der Waals surface area contributed by atoms with Gasteiger partial charge in [0.05, 0.1) is 6.20 Å². The fourth-order valence-electron chi connectivity index (χ4n) is 0.410. The lowest BCUT2D eigenvalue weighted by atomic mass is 10.6. The molecule has 0 aliphatic heterocycles. The molecule has 0 aliphatic carbocycles. The zero-order valence-corrected chi connectivity index (χ0v) is 4.48. The summed E-state index contributed by atoms with van der Waals surface area (Å²) in [4.78, 5) is 13.6. The molecule has 0 radical (unpaired) electrons. The number of nitrogens with zero attached hydrogens (tertiary/aromatic N) is 2. The Labute approximate surface area is 50.3 Å². The smallest absolute Gasteiger partial charge is 0.382 e. The van der Waals surface area contributed by atoms with Crippen LogP contribution in [0.3, 0.4) is 0 Å². The van der Waals surface area contributed by atoms with E-state index in [1.165, 1.54) is 6.07 Å². The lowest BCUT2D eigenvalue weighted by molar-refractivity contribution is 0.170. The topological polar surface area (TPSA) is 81.1 Å². The molecule has 0 atom stereocenters. The summed E-state index contributed by atoms with van der Waals surface area (Å²) < 4.78 is 0.357. The van der Waals surface area contributed by atoms with E-state index in [9.17, 15) is 4.79 Å². The number of nitrogens with two attached hydrogens (primary N) is 1. The predicted molar refractivity (Wildman–Crippen MR) is 30.1 cm³/mol. The second-order valence-corrected chi connectivity index (χ2v) is 1.48. The molecule has 0 fully saturated rings. The molecule has 1 heterocycles. The zero-order valence-electron chi connectivity index (χ0n) is 4.48. The molecular formula is C4H5N3O2. The average Bonchev–Trinajstić information content (AvgIpc) is 1.80. The van der Waals surface area contributed by atoms with Crippen molar-refractivity contribution >= 4 is 5.82 Å². The quantitative estimate of drug-likeness (QED) is 0.441. The fraction of sp³-hybridized carbons (Fsp3) is 0. The molecule has 0 amide bonds. The number of rotatable bonds is 0. The molecule has 0 spiro atoms. The van der Waals surface area contributed by atoms with Crippen LogP contribution in [0.15, 0.2) is 17.1 Å². The minimum Gasteiger partial charge on any atom is -0.424 e. The summed E-state index contributed by atoms with van der Waals surface area (Å²) in [5, 5.41) is 8.53. The SMILES string of the molecule is Nc1ccn(O)c(=O)n1. The van der Waals surface area contributed by atoms with Gasteiger partial charge in [0.25, 0.3) is 0 Å². The molecule has 0 saturated carbocycles. The lowest BCUT2D eigenvalue weighted by Gasteiger charge is -1.91. The zero-order chi connectivity index (χ0) is 6.85. The number of nitrogen functional groups attached to an aromatic ring is 1. The third-order valence-corrected chi connectivity index (χ3v) is 0.807. The van der Waals surface area contributed by atoms with Crippen molar-refractivity contribution in [2.45, 2.75) is 0 Å². The first-order chi connectivity index (χ1) is 4.20. The highest BCUT2D eigenvalue weighted by Gasteiger charge is 1.90. The highest BCUT2D eigenvalue weighted by molar-refractivity contribution is 5.22. The van der Waals surface area contributed by atoms with Gasteiger partial charge in [0.1, 0.15) is 5.82 Å². The number of aromatic nitrogens is 2. The Bertz CT molecular complexity index is 267. The van der Waals surface area contributed by atoms with Crippen LogP contribution in [-0.4, -0.2) is 14.9 Å². The summed E-state index contributed by atoms with van der Waals surface area (Å²) >= 11 is 0. The first-order valence-corrected chi connectivity index (χ1v) is 2.24. The summed E-state index contributed by atoms with van der Waals surface area (Å²) in [6.07, 6.45) is 1.13. The molecule has 0 saturated heterocycles. The minimum atomic E-state index is -0.769. The van der Waals surface area contributed by atoms with Crippen molar-refractivity contribution in [3.63, 3.8) is 0 Å². The van der Waals surface area contributed by atoms with E-state index >= 15 is 0 Å². The maximum atomic E-state index is 10.4. The molecule has 5 nitrogen and oxygen atoms in total. The Balaban J connectivity index is 3.34. The molecule has 5 heteroatoms. The van der Waals surface area contributed by atoms with E-state index in [2.05, 4.69) is 4.98 Å². The molecule has 0 unspecified atom stereocenters. The minimum absolute atomic E-state index is 0.102. The lowest BCUT2D eigenvalue weighted by Crippen LogP contribution is -2.20. The van der Waals surface area contributed by atoms with Gasteiger partial charge in [-0.15, -0.1) is 4.73 Å². The van der Waals surface area contributed by atoms with Gasteiger partial charge < -0.3 is 10.9 Å². The average molecular weight is 127 g/mol. The van der Waals surface area contributed by atoms with Crippen LogP contribution in [-0.2, 0) is 0 Å². The third-order valence-electron chi connectivity index (χ3n) is 0.807. The maximum Gasteiger partial charge on any atom is 0.382 e. The van der Waals surface area contributed by atoms with Gasteiger partial charge in [0.2, 0.25) is 0 Å². The molecule has 0 aliphatic rings. The monoisotopic (exact) mass is 127 g/mol. The van der Waals surface area contributed by atoms with Crippen molar-refractivity contribution in [3.05, 3.63) is 22.7 Å². The van der Waals surface area contributed by atoms with Gasteiger partial charge in [-0.05, 0) is 0 Å². The van der Waals surface area contributed by atoms with Gasteiger partial charge in [0.15, 0.2) is 0 Å². The van der Waals surface area contributed by atoms with E-state index in [-0.39, 0.29) is 5.82 Å². The van der Waals surface area contributed by atoms with Crippen LogP contribution < -0.4 is 11.4 Å². The maximum absolute atomic E-state index is 10.4. The van der Waals surface area contributed by atoms with Crippen molar-refractivity contribution in [3.8, 4) is 0 Å². The van der Waals surface area contributed by atoms with Crippen LogP contribution >= 0.6 is 0 Å². The number of hydrogen-bond acceptors (Lipinski definition) is 4. The summed E-state index contributed by atoms with van der Waals surface area (Å²) in [6, 6.07) is 1.32. The molecule has 3 N–H and O–H groups in total. The largest absolute Gasteiger partial charge is 0.424 e. The summed E-state index contributed by atoms with van der Waals surface area (Å²) in [7, 11) is 0. The van der Waals surface area contributed by atoms with E-state index in [0.717, 1.165) is 6.20 Å². The van der Waals surface area contributed by atoms with Gasteiger partial charge in [0, 0.05) is 6.07 Å².